The molecule has 0 fully saturated rings. The van der Waals surface area contributed by atoms with Gasteiger partial charge in [0.05, 0.1) is 5.69 Å². The predicted molar refractivity (Wildman–Crippen MR) is 82.2 cm³/mol. The molecule has 3 rings (SSSR count). The molecule has 2 aromatic heterocycles. The van der Waals surface area contributed by atoms with Gasteiger partial charge in [0, 0.05) is 11.6 Å². The first-order valence-corrected chi connectivity index (χ1v) is 7.44. The number of aromatic nitrogens is 4. The summed E-state index contributed by atoms with van der Waals surface area (Å²) in [5.41, 5.74) is 0.866. The Hall–Kier alpha value is -2.74. The minimum atomic E-state index is -0.726. The van der Waals surface area contributed by atoms with E-state index in [1.54, 1.807) is 23.2 Å². The Kier molecular flexibility index (Phi) is 4.10. The molecule has 112 valence electrons. The number of hydrogen-bond acceptors (Lipinski definition) is 6. The number of carbonyl (C=O) groups excluding carboxylic acids is 1. The number of para-hydroxylation sites is 1. The minimum Gasteiger partial charge on any atom is -0.449 e. The summed E-state index contributed by atoms with van der Waals surface area (Å²) < 4.78 is 7.03. The van der Waals surface area contributed by atoms with Crippen LogP contribution in [0.1, 0.15) is 6.92 Å². The highest BCUT2D eigenvalue weighted by Crippen LogP contribution is 2.13. The first-order chi connectivity index (χ1) is 10.7. The maximum atomic E-state index is 12.0. The SMILES string of the molecule is CC(Oc1ncn(-c2ccccc2)n1)C(=O)Nc1nccs1. The van der Waals surface area contributed by atoms with E-state index in [9.17, 15) is 4.79 Å². The van der Waals surface area contributed by atoms with Crippen LogP contribution >= 0.6 is 11.3 Å². The molecule has 0 bridgehead atoms. The highest BCUT2D eigenvalue weighted by molar-refractivity contribution is 7.13. The number of ether oxygens (including phenoxy) is 1. The van der Waals surface area contributed by atoms with Crippen molar-refractivity contribution in [3.05, 3.63) is 48.2 Å². The molecule has 0 aliphatic heterocycles. The summed E-state index contributed by atoms with van der Waals surface area (Å²) in [7, 11) is 0. The first-order valence-electron chi connectivity index (χ1n) is 6.56. The van der Waals surface area contributed by atoms with Gasteiger partial charge in [0.2, 0.25) is 0 Å². The van der Waals surface area contributed by atoms with E-state index in [1.165, 1.54) is 17.7 Å². The fourth-order valence-corrected chi connectivity index (χ4v) is 2.24. The molecule has 0 saturated heterocycles. The van der Waals surface area contributed by atoms with Crippen molar-refractivity contribution >= 4 is 22.4 Å². The third-order valence-corrected chi connectivity index (χ3v) is 3.49. The zero-order valence-electron chi connectivity index (χ0n) is 11.7. The van der Waals surface area contributed by atoms with Crippen molar-refractivity contribution in [2.75, 3.05) is 5.32 Å². The van der Waals surface area contributed by atoms with Crippen LogP contribution in [-0.4, -0.2) is 31.8 Å². The first kappa shape index (κ1) is 14.2. The van der Waals surface area contributed by atoms with Gasteiger partial charge in [0.25, 0.3) is 5.91 Å². The second-order valence-corrected chi connectivity index (χ2v) is 5.29. The van der Waals surface area contributed by atoms with Crippen LogP contribution in [0.4, 0.5) is 5.13 Å². The monoisotopic (exact) mass is 315 g/mol. The van der Waals surface area contributed by atoms with E-state index in [1.807, 2.05) is 30.3 Å². The standard InChI is InChI=1S/C14H13N5O2S/c1-10(12(20)17-14-15-7-8-22-14)21-13-16-9-19(18-13)11-5-3-2-4-6-11/h2-10H,1H3,(H,15,17,20). The highest BCUT2D eigenvalue weighted by Gasteiger charge is 2.17. The molecule has 7 nitrogen and oxygen atoms in total. The predicted octanol–water partition coefficient (Wildman–Crippen LogP) is 2.13. The molecule has 0 aliphatic carbocycles. The number of nitrogens with one attached hydrogen (secondary N) is 1. The maximum Gasteiger partial charge on any atom is 0.336 e. The topological polar surface area (TPSA) is 81.9 Å². The number of rotatable bonds is 5. The molecular formula is C14H13N5O2S. The molecule has 2 heterocycles. The van der Waals surface area contributed by atoms with E-state index >= 15 is 0 Å². The molecule has 0 spiro atoms. The molecule has 0 aliphatic rings. The van der Waals surface area contributed by atoms with Crippen molar-refractivity contribution in [3.63, 3.8) is 0 Å². The van der Waals surface area contributed by atoms with E-state index < -0.39 is 6.10 Å². The van der Waals surface area contributed by atoms with Crippen molar-refractivity contribution < 1.29 is 9.53 Å². The van der Waals surface area contributed by atoms with Gasteiger partial charge in [0.1, 0.15) is 6.33 Å². The van der Waals surface area contributed by atoms with Crippen LogP contribution in [0.5, 0.6) is 6.01 Å². The normalized spacial score (nSPS) is 11.9. The Balaban J connectivity index is 1.63. The number of nitrogens with zero attached hydrogens (tertiary/aromatic N) is 4. The van der Waals surface area contributed by atoms with Gasteiger partial charge in [-0.3, -0.25) is 10.1 Å². The van der Waals surface area contributed by atoms with Crippen molar-refractivity contribution in [3.8, 4) is 11.7 Å². The van der Waals surface area contributed by atoms with Crippen molar-refractivity contribution in [1.82, 2.24) is 19.7 Å². The van der Waals surface area contributed by atoms with Gasteiger partial charge in [-0.1, -0.05) is 18.2 Å². The van der Waals surface area contributed by atoms with Crippen molar-refractivity contribution in [2.24, 2.45) is 0 Å². The highest BCUT2D eigenvalue weighted by atomic mass is 32.1. The lowest BCUT2D eigenvalue weighted by Gasteiger charge is -2.10. The summed E-state index contributed by atoms with van der Waals surface area (Å²) >= 11 is 1.34. The Morgan fingerprint density at radius 1 is 1.32 bits per heavy atom. The number of anilines is 1. The van der Waals surface area contributed by atoms with Gasteiger partial charge in [0.15, 0.2) is 11.2 Å². The van der Waals surface area contributed by atoms with Crippen LogP contribution in [-0.2, 0) is 4.79 Å². The number of benzene rings is 1. The molecule has 0 radical (unpaired) electrons. The van der Waals surface area contributed by atoms with E-state index in [0.29, 0.717) is 5.13 Å². The van der Waals surface area contributed by atoms with Gasteiger partial charge in [-0.15, -0.1) is 16.4 Å². The molecule has 1 amide bonds. The maximum absolute atomic E-state index is 12.0. The summed E-state index contributed by atoms with van der Waals surface area (Å²) in [4.78, 5) is 20.0. The van der Waals surface area contributed by atoms with Crippen LogP contribution in [0.2, 0.25) is 0 Å². The second kappa shape index (κ2) is 6.35. The van der Waals surface area contributed by atoms with E-state index in [0.717, 1.165) is 5.69 Å². The number of thiazole rings is 1. The third kappa shape index (κ3) is 3.29. The number of amides is 1. The molecule has 1 atom stereocenters. The molecule has 3 aromatic rings. The largest absolute Gasteiger partial charge is 0.449 e. The zero-order valence-corrected chi connectivity index (χ0v) is 12.5. The Bertz CT molecular complexity index is 742. The molecule has 8 heteroatoms. The average Bonchev–Trinajstić information content (AvgIpc) is 3.20. The van der Waals surface area contributed by atoms with Crippen LogP contribution in [0.25, 0.3) is 5.69 Å². The summed E-state index contributed by atoms with van der Waals surface area (Å²) in [6, 6.07) is 9.67. The van der Waals surface area contributed by atoms with E-state index in [-0.39, 0.29) is 11.9 Å². The summed E-state index contributed by atoms with van der Waals surface area (Å²) in [6.07, 6.45) is 2.43. The molecule has 1 unspecified atom stereocenters. The Labute approximate surface area is 130 Å². The van der Waals surface area contributed by atoms with Gasteiger partial charge >= 0.3 is 6.01 Å². The van der Waals surface area contributed by atoms with E-state index in [4.69, 9.17) is 4.74 Å². The lowest BCUT2D eigenvalue weighted by atomic mass is 10.3. The lowest BCUT2D eigenvalue weighted by molar-refractivity contribution is -0.122. The van der Waals surface area contributed by atoms with Gasteiger partial charge in [-0.05, 0) is 19.1 Å². The van der Waals surface area contributed by atoms with Crippen molar-refractivity contribution in [1.29, 1.82) is 0 Å². The summed E-state index contributed by atoms with van der Waals surface area (Å²) in [5, 5.41) is 9.16. The number of hydrogen-bond donors (Lipinski definition) is 1. The lowest BCUT2D eigenvalue weighted by Crippen LogP contribution is -2.30. The quantitative estimate of drug-likeness (QED) is 0.780. The zero-order chi connectivity index (χ0) is 15.4. The van der Waals surface area contributed by atoms with Crippen molar-refractivity contribution in [2.45, 2.75) is 13.0 Å². The fraction of sp³-hybridized carbons (Fsp3) is 0.143. The third-order valence-electron chi connectivity index (χ3n) is 2.81. The van der Waals surface area contributed by atoms with Crippen LogP contribution < -0.4 is 10.1 Å². The van der Waals surface area contributed by atoms with Crippen LogP contribution in [0.3, 0.4) is 0 Å². The molecule has 1 N–H and O–H groups in total. The van der Waals surface area contributed by atoms with Gasteiger partial charge in [-0.2, -0.15) is 4.98 Å². The average molecular weight is 315 g/mol. The van der Waals surface area contributed by atoms with Crippen LogP contribution in [0, 0.1) is 0 Å². The summed E-state index contributed by atoms with van der Waals surface area (Å²) in [5.74, 6) is -0.300. The smallest absolute Gasteiger partial charge is 0.336 e. The number of carbonyl (C=O) groups is 1. The van der Waals surface area contributed by atoms with Gasteiger partial charge < -0.3 is 4.74 Å². The Morgan fingerprint density at radius 3 is 2.86 bits per heavy atom. The molecule has 1 aromatic carbocycles. The molecular weight excluding hydrogens is 302 g/mol. The van der Waals surface area contributed by atoms with Gasteiger partial charge in [-0.25, -0.2) is 9.67 Å². The molecule has 22 heavy (non-hydrogen) atoms. The fourth-order valence-electron chi connectivity index (χ4n) is 1.71. The second-order valence-electron chi connectivity index (χ2n) is 4.39. The molecule has 0 saturated carbocycles. The Morgan fingerprint density at radius 2 is 2.14 bits per heavy atom. The van der Waals surface area contributed by atoms with Crippen LogP contribution in [0.15, 0.2) is 48.2 Å². The minimum absolute atomic E-state index is 0.144. The summed E-state index contributed by atoms with van der Waals surface area (Å²) in [6.45, 7) is 1.63. The van der Waals surface area contributed by atoms with E-state index in [2.05, 4.69) is 20.4 Å².